The minimum atomic E-state index is 0.442. The molecule has 14 heavy (non-hydrogen) atoms. The summed E-state index contributed by atoms with van der Waals surface area (Å²) in [7, 11) is 1.73. The van der Waals surface area contributed by atoms with Crippen molar-refractivity contribution in [2.75, 3.05) is 13.7 Å². The third-order valence-corrected chi connectivity index (χ3v) is 2.47. The summed E-state index contributed by atoms with van der Waals surface area (Å²) >= 11 is 0. The van der Waals surface area contributed by atoms with Gasteiger partial charge in [0.15, 0.2) is 5.69 Å². The highest BCUT2D eigenvalue weighted by Gasteiger charge is 2.28. The Morgan fingerprint density at radius 2 is 1.93 bits per heavy atom. The maximum atomic E-state index is 5.56. The molecule has 0 saturated carbocycles. The lowest BCUT2D eigenvalue weighted by Crippen LogP contribution is -2.43. The van der Waals surface area contributed by atoms with Gasteiger partial charge in [-0.2, -0.15) is 4.84 Å². The van der Waals surface area contributed by atoms with Crippen LogP contribution >= 0.6 is 0 Å². The summed E-state index contributed by atoms with van der Waals surface area (Å²) in [6.45, 7) is 0.844. The summed E-state index contributed by atoms with van der Waals surface area (Å²) < 4.78 is 0.442. The summed E-state index contributed by atoms with van der Waals surface area (Å²) in [5, 5.41) is 0. The van der Waals surface area contributed by atoms with Gasteiger partial charge >= 0.3 is 0 Å². The zero-order valence-electron chi connectivity index (χ0n) is 8.26. The number of nitrogens with zero attached hydrogens (tertiary/aromatic N) is 1. The molecule has 1 aromatic carbocycles. The second-order valence-electron chi connectivity index (χ2n) is 3.27. The smallest absolute Gasteiger partial charge is 0.170 e. The molecule has 2 rings (SSSR count). The zero-order valence-corrected chi connectivity index (χ0v) is 8.26. The van der Waals surface area contributed by atoms with Crippen molar-refractivity contribution in [1.29, 1.82) is 0 Å². The molecule has 1 aromatic rings. The first-order valence-corrected chi connectivity index (χ1v) is 4.71. The molecule has 1 heterocycles. The monoisotopic (exact) mass is 188 g/mol. The molecule has 0 bridgehead atoms. The molecule has 0 fully saturated rings. The molecule has 0 aliphatic carbocycles. The molecule has 72 valence electrons. The highest BCUT2D eigenvalue weighted by Crippen LogP contribution is 2.25. The zero-order chi connectivity index (χ0) is 9.86. The van der Waals surface area contributed by atoms with Crippen LogP contribution in [0.25, 0.3) is 0 Å². The van der Waals surface area contributed by atoms with Crippen molar-refractivity contribution in [1.82, 2.24) is 4.65 Å². The SMILES string of the molecule is CO[N+]1(c2ccccc2)C=CC=CC1. The highest BCUT2D eigenvalue weighted by molar-refractivity contribution is 5.44. The molecule has 0 radical (unpaired) electrons. The number of quaternary nitrogens is 1. The van der Waals surface area contributed by atoms with E-state index in [4.69, 9.17) is 4.84 Å². The molecule has 0 N–H and O–H groups in total. The fourth-order valence-electron chi connectivity index (χ4n) is 1.66. The van der Waals surface area contributed by atoms with E-state index in [2.05, 4.69) is 24.4 Å². The molecule has 1 aliphatic rings. The van der Waals surface area contributed by atoms with Gasteiger partial charge in [-0.25, -0.2) is 0 Å². The molecule has 1 atom stereocenters. The van der Waals surface area contributed by atoms with Crippen molar-refractivity contribution in [3.05, 3.63) is 54.8 Å². The van der Waals surface area contributed by atoms with E-state index in [-0.39, 0.29) is 0 Å². The van der Waals surface area contributed by atoms with Gasteiger partial charge in [-0.1, -0.05) is 24.3 Å². The summed E-state index contributed by atoms with van der Waals surface area (Å²) in [6.07, 6.45) is 8.21. The van der Waals surface area contributed by atoms with Crippen LogP contribution in [0.5, 0.6) is 0 Å². The van der Waals surface area contributed by atoms with E-state index < -0.39 is 0 Å². The van der Waals surface area contributed by atoms with Crippen LogP contribution in [-0.4, -0.2) is 13.7 Å². The summed E-state index contributed by atoms with van der Waals surface area (Å²) in [5.41, 5.74) is 1.15. The molecule has 0 saturated heterocycles. The first kappa shape index (κ1) is 9.19. The van der Waals surface area contributed by atoms with Crippen molar-refractivity contribution in [2.45, 2.75) is 0 Å². The highest BCUT2D eigenvalue weighted by atomic mass is 16.7. The fourth-order valence-corrected chi connectivity index (χ4v) is 1.66. The average Bonchev–Trinajstić information content (AvgIpc) is 2.31. The second-order valence-corrected chi connectivity index (χ2v) is 3.27. The van der Waals surface area contributed by atoms with E-state index in [1.54, 1.807) is 7.11 Å². The van der Waals surface area contributed by atoms with Crippen LogP contribution in [0.15, 0.2) is 54.8 Å². The van der Waals surface area contributed by atoms with E-state index in [1.807, 2.05) is 30.4 Å². The fraction of sp³-hybridized carbons (Fsp3) is 0.167. The van der Waals surface area contributed by atoms with Gasteiger partial charge in [0.05, 0.1) is 7.11 Å². The molecule has 0 amide bonds. The van der Waals surface area contributed by atoms with Crippen molar-refractivity contribution in [3.63, 3.8) is 0 Å². The standard InChI is InChI=1S/C12H14NO/c1-14-13(10-6-3-7-11-13)12-8-4-2-5-9-12/h2-10H,11H2,1H3/q+1. The first-order valence-electron chi connectivity index (χ1n) is 4.71. The molecular weight excluding hydrogens is 174 g/mol. The Hall–Kier alpha value is -1.38. The molecule has 2 heteroatoms. The quantitative estimate of drug-likeness (QED) is 0.648. The van der Waals surface area contributed by atoms with Gasteiger partial charge < -0.3 is 0 Å². The Balaban J connectivity index is 2.39. The Morgan fingerprint density at radius 3 is 2.50 bits per heavy atom. The van der Waals surface area contributed by atoms with Crippen LogP contribution in [0.1, 0.15) is 0 Å². The summed E-state index contributed by atoms with van der Waals surface area (Å²) in [6, 6.07) is 10.2. The first-order chi connectivity index (χ1) is 6.87. The van der Waals surface area contributed by atoms with Crippen LogP contribution in [-0.2, 0) is 4.84 Å². The van der Waals surface area contributed by atoms with Gasteiger partial charge in [0.2, 0.25) is 0 Å². The summed E-state index contributed by atoms with van der Waals surface area (Å²) in [4.78, 5) is 5.56. The van der Waals surface area contributed by atoms with Crippen molar-refractivity contribution < 1.29 is 4.84 Å². The number of hydrogen-bond acceptors (Lipinski definition) is 1. The van der Waals surface area contributed by atoms with Crippen LogP contribution in [0.4, 0.5) is 5.69 Å². The Bertz CT molecular complexity index is 356. The number of hydroxylamine groups is 2. The summed E-state index contributed by atoms with van der Waals surface area (Å²) in [5.74, 6) is 0. The lowest BCUT2D eigenvalue weighted by Gasteiger charge is -2.29. The van der Waals surface area contributed by atoms with Gasteiger partial charge in [0.25, 0.3) is 0 Å². The Kier molecular flexibility index (Phi) is 2.48. The number of rotatable bonds is 2. The number of hydrogen-bond donors (Lipinski definition) is 0. The normalized spacial score (nSPS) is 25.2. The Morgan fingerprint density at radius 1 is 1.14 bits per heavy atom. The van der Waals surface area contributed by atoms with Gasteiger partial charge in [0, 0.05) is 12.1 Å². The third-order valence-electron chi connectivity index (χ3n) is 2.47. The molecule has 0 aromatic heterocycles. The number of benzene rings is 1. The number of para-hydroxylation sites is 1. The van der Waals surface area contributed by atoms with E-state index in [0.717, 1.165) is 12.2 Å². The molecule has 0 spiro atoms. The van der Waals surface area contributed by atoms with E-state index in [1.165, 1.54) is 0 Å². The predicted octanol–water partition coefficient (Wildman–Crippen LogP) is 2.64. The van der Waals surface area contributed by atoms with Crippen molar-refractivity contribution in [3.8, 4) is 0 Å². The van der Waals surface area contributed by atoms with Gasteiger partial charge in [0.1, 0.15) is 12.7 Å². The molecule has 1 aliphatic heterocycles. The lowest BCUT2D eigenvalue weighted by molar-refractivity contribution is -0.0700. The molecular formula is C12H14NO+. The maximum absolute atomic E-state index is 5.56. The van der Waals surface area contributed by atoms with Crippen molar-refractivity contribution in [2.24, 2.45) is 0 Å². The van der Waals surface area contributed by atoms with Crippen LogP contribution in [0, 0.1) is 0 Å². The van der Waals surface area contributed by atoms with E-state index >= 15 is 0 Å². The molecule has 1 unspecified atom stereocenters. The van der Waals surface area contributed by atoms with Crippen LogP contribution < -0.4 is 4.65 Å². The van der Waals surface area contributed by atoms with E-state index in [0.29, 0.717) is 4.65 Å². The van der Waals surface area contributed by atoms with Gasteiger partial charge in [-0.3, -0.25) is 0 Å². The van der Waals surface area contributed by atoms with Crippen molar-refractivity contribution >= 4 is 5.69 Å². The average molecular weight is 188 g/mol. The maximum Gasteiger partial charge on any atom is 0.170 e. The van der Waals surface area contributed by atoms with Gasteiger partial charge in [-0.15, -0.1) is 4.65 Å². The van der Waals surface area contributed by atoms with E-state index in [9.17, 15) is 0 Å². The van der Waals surface area contributed by atoms with Crippen LogP contribution in [0.3, 0.4) is 0 Å². The minimum Gasteiger partial charge on any atom is -0.196 e. The number of allylic oxidation sites excluding steroid dienone is 2. The van der Waals surface area contributed by atoms with Gasteiger partial charge in [-0.05, 0) is 12.2 Å². The predicted molar refractivity (Wildman–Crippen MR) is 58.4 cm³/mol. The minimum absolute atomic E-state index is 0.442. The molecule has 2 nitrogen and oxygen atoms in total. The van der Waals surface area contributed by atoms with Crippen LogP contribution in [0.2, 0.25) is 0 Å². The topological polar surface area (TPSA) is 9.23 Å². The Labute approximate surface area is 84.3 Å². The largest absolute Gasteiger partial charge is 0.196 e. The lowest BCUT2D eigenvalue weighted by atomic mass is 10.2. The second kappa shape index (κ2) is 3.78. The third kappa shape index (κ3) is 1.50.